The molecule has 1 heterocycles. The summed E-state index contributed by atoms with van der Waals surface area (Å²) in [5.74, 6) is -0.115. The second-order valence-corrected chi connectivity index (χ2v) is 4.39. The highest BCUT2D eigenvalue weighted by Crippen LogP contribution is 2.14. The van der Waals surface area contributed by atoms with E-state index in [1.165, 1.54) is 0 Å². The van der Waals surface area contributed by atoms with Gasteiger partial charge in [-0.15, -0.1) is 0 Å². The van der Waals surface area contributed by atoms with Crippen LogP contribution in [0.3, 0.4) is 0 Å². The number of amides is 1. The molecule has 0 aliphatic rings. The van der Waals surface area contributed by atoms with Crippen LogP contribution < -0.4 is 0 Å². The molecule has 1 aromatic heterocycles. The van der Waals surface area contributed by atoms with Gasteiger partial charge in [0.05, 0.1) is 23.5 Å². The van der Waals surface area contributed by atoms with Gasteiger partial charge in [0.2, 0.25) is 0 Å². The Morgan fingerprint density at radius 1 is 1.37 bits per heavy atom. The van der Waals surface area contributed by atoms with Crippen LogP contribution in [0.4, 0.5) is 0 Å². The Hall–Kier alpha value is -2.48. The number of benzene rings is 1. The first-order valence-corrected chi connectivity index (χ1v) is 5.98. The normalized spacial score (nSPS) is 11.8. The number of aromatic nitrogens is 2. The van der Waals surface area contributed by atoms with Gasteiger partial charge in [0.25, 0.3) is 5.91 Å². The second-order valence-electron chi connectivity index (χ2n) is 4.39. The molecule has 1 unspecified atom stereocenters. The van der Waals surface area contributed by atoms with Gasteiger partial charge in [0.1, 0.15) is 0 Å². The number of fused-ring (bicyclic) bond motifs is 1. The predicted octanol–water partition coefficient (Wildman–Crippen LogP) is 2.00. The molecule has 5 nitrogen and oxygen atoms in total. The van der Waals surface area contributed by atoms with Crippen LogP contribution in [0.5, 0.6) is 0 Å². The van der Waals surface area contributed by atoms with Gasteiger partial charge in [-0.3, -0.25) is 14.8 Å². The van der Waals surface area contributed by atoms with Gasteiger partial charge in [-0.05, 0) is 25.1 Å². The van der Waals surface area contributed by atoms with E-state index in [-0.39, 0.29) is 11.9 Å². The molecule has 0 saturated carbocycles. The summed E-state index contributed by atoms with van der Waals surface area (Å²) in [6.45, 7) is 1.85. The Labute approximate surface area is 111 Å². The van der Waals surface area contributed by atoms with Crippen molar-refractivity contribution in [3.05, 3.63) is 36.2 Å². The van der Waals surface area contributed by atoms with Crippen molar-refractivity contribution >= 4 is 16.9 Å². The molecule has 19 heavy (non-hydrogen) atoms. The lowest BCUT2D eigenvalue weighted by molar-refractivity contribution is 0.0746. The minimum Gasteiger partial charge on any atom is -0.338 e. The molecular formula is C14H14N4O. The van der Waals surface area contributed by atoms with Crippen LogP contribution in [0.15, 0.2) is 30.6 Å². The predicted molar refractivity (Wildman–Crippen MR) is 71.3 cm³/mol. The third kappa shape index (κ3) is 2.68. The number of hydrogen-bond acceptors (Lipinski definition) is 4. The van der Waals surface area contributed by atoms with E-state index >= 15 is 0 Å². The fourth-order valence-electron chi connectivity index (χ4n) is 1.77. The number of nitriles is 1. The molecule has 2 aromatic rings. The van der Waals surface area contributed by atoms with Crippen LogP contribution in [0.25, 0.3) is 11.0 Å². The summed E-state index contributed by atoms with van der Waals surface area (Å²) in [6.07, 6.45) is 3.53. The Balaban J connectivity index is 2.29. The summed E-state index contributed by atoms with van der Waals surface area (Å²) in [6, 6.07) is 7.18. The molecule has 1 amide bonds. The molecular weight excluding hydrogens is 240 g/mol. The smallest absolute Gasteiger partial charge is 0.253 e. The van der Waals surface area contributed by atoms with E-state index in [0.717, 1.165) is 5.52 Å². The summed E-state index contributed by atoms with van der Waals surface area (Å²) in [5.41, 5.74) is 2.00. The lowest BCUT2D eigenvalue weighted by Crippen LogP contribution is -2.34. The van der Waals surface area contributed by atoms with Crippen molar-refractivity contribution in [1.29, 1.82) is 5.26 Å². The highest BCUT2D eigenvalue weighted by Gasteiger charge is 2.17. The van der Waals surface area contributed by atoms with Crippen molar-refractivity contribution in [1.82, 2.24) is 14.9 Å². The van der Waals surface area contributed by atoms with Gasteiger partial charge in [0, 0.05) is 31.0 Å². The van der Waals surface area contributed by atoms with Crippen molar-refractivity contribution in [3.8, 4) is 6.07 Å². The molecule has 2 rings (SSSR count). The third-order valence-corrected chi connectivity index (χ3v) is 3.08. The zero-order valence-electron chi connectivity index (χ0n) is 10.9. The molecule has 96 valence electrons. The number of rotatable bonds is 3. The summed E-state index contributed by atoms with van der Waals surface area (Å²) in [4.78, 5) is 22.2. The van der Waals surface area contributed by atoms with Gasteiger partial charge in [-0.2, -0.15) is 5.26 Å². The second kappa shape index (κ2) is 5.44. The Morgan fingerprint density at radius 3 is 2.74 bits per heavy atom. The van der Waals surface area contributed by atoms with Gasteiger partial charge < -0.3 is 4.90 Å². The van der Waals surface area contributed by atoms with Crippen LogP contribution in [0, 0.1) is 11.3 Å². The quantitative estimate of drug-likeness (QED) is 0.840. The molecule has 0 radical (unpaired) electrons. The Morgan fingerprint density at radius 2 is 2.05 bits per heavy atom. The molecule has 0 bridgehead atoms. The molecule has 0 aliphatic carbocycles. The van der Waals surface area contributed by atoms with E-state index in [1.807, 2.05) is 6.92 Å². The van der Waals surface area contributed by atoms with E-state index in [9.17, 15) is 4.79 Å². The van der Waals surface area contributed by atoms with Crippen molar-refractivity contribution in [3.63, 3.8) is 0 Å². The number of carbonyl (C=O) groups excluding carboxylic acids is 1. The van der Waals surface area contributed by atoms with Gasteiger partial charge >= 0.3 is 0 Å². The first kappa shape index (κ1) is 13.0. The van der Waals surface area contributed by atoms with Crippen molar-refractivity contribution in [2.75, 3.05) is 7.05 Å². The van der Waals surface area contributed by atoms with Crippen molar-refractivity contribution in [2.24, 2.45) is 0 Å². The van der Waals surface area contributed by atoms with Crippen molar-refractivity contribution in [2.45, 2.75) is 19.4 Å². The van der Waals surface area contributed by atoms with Crippen LogP contribution in [0.1, 0.15) is 23.7 Å². The molecule has 0 N–H and O–H groups in total. The number of nitrogens with zero attached hydrogens (tertiary/aromatic N) is 4. The minimum atomic E-state index is -0.116. The van der Waals surface area contributed by atoms with E-state index in [0.29, 0.717) is 17.5 Å². The lowest BCUT2D eigenvalue weighted by atomic mass is 10.1. The maximum atomic E-state index is 12.3. The SMILES string of the molecule is CC(CC#N)N(C)C(=O)c1ccc2nccnc2c1. The molecule has 0 spiro atoms. The maximum Gasteiger partial charge on any atom is 0.253 e. The van der Waals surface area contributed by atoms with E-state index in [4.69, 9.17) is 5.26 Å². The summed E-state index contributed by atoms with van der Waals surface area (Å²) in [7, 11) is 1.70. The van der Waals surface area contributed by atoms with Crippen LogP contribution in [0.2, 0.25) is 0 Å². The van der Waals surface area contributed by atoms with Gasteiger partial charge in [-0.25, -0.2) is 0 Å². The highest BCUT2D eigenvalue weighted by atomic mass is 16.2. The van der Waals surface area contributed by atoms with Crippen LogP contribution in [-0.4, -0.2) is 33.9 Å². The van der Waals surface area contributed by atoms with E-state index in [2.05, 4.69) is 16.0 Å². The summed E-state index contributed by atoms with van der Waals surface area (Å²) in [5, 5.41) is 8.67. The number of carbonyl (C=O) groups is 1. The van der Waals surface area contributed by atoms with E-state index in [1.54, 1.807) is 42.5 Å². The Kier molecular flexibility index (Phi) is 3.71. The first-order chi connectivity index (χ1) is 9.13. The molecule has 0 fully saturated rings. The lowest BCUT2D eigenvalue weighted by Gasteiger charge is -2.23. The summed E-state index contributed by atoms with van der Waals surface area (Å²) < 4.78 is 0. The van der Waals surface area contributed by atoms with E-state index < -0.39 is 0 Å². The van der Waals surface area contributed by atoms with Crippen LogP contribution >= 0.6 is 0 Å². The maximum absolute atomic E-state index is 12.3. The fourth-order valence-corrected chi connectivity index (χ4v) is 1.77. The fraction of sp³-hybridized carbons (Fsp3) is 0.286. The van der Waals surface area contributed by atoms with Crippen LogP contribution in [-0.2, 0) is 0 Å². The van der Waals surface area contributed by atoms with Gasteiger partial charge in [0.15, 0.2) is 0 Å². The zero-order chi connectivity index (χ0) is 13.8. The average Bonchev–Trinajstić information content (AvgIpc) is 2.45. The highest BCUT2D eigenvalue weighted by molar-refractivity contribution is 5.97. The molecule has 1 atom stereocenters. The third-order valence-electron chi connectivity index (χ3n) is 3.08. The molecule has 0 aliphatic heterocycles. The monoisotopic (exact) mass is 254 g/mol. The zero-order valence-corrected chi connectivity index (χ0v) is 10.9. The molecule has 5 heteroatoms. The number of hydrogen-bond donors (Lipinski definition) is 0. The molecule has 1 aromatic carbocycles. The average molecular weight is 254 g/mol. The largest absolute Gasteiger partial charge is 0.338 e. The minimum absolute atomic E-state index is 0.115. The van der Waals surface area contributed by atoms with Crippen molar-refractivity contribution < 1.29 is 4.79 Å². The van der Waals surface area contributed by atoms with Gasteiger partial charge in [-0.1, -0.05) is 0 Å². The first-order valence-electron chi connectivity index (χ1n) is 5.98. The topological polar surface area (TPSA) is 69.9 Å². The standard InChI is InChI=1S/C14H14N4O/c1-10(5-6-15)18(2)14(19)11-3-4-12-13(9-11)17-8-7-16-12/h3-4,7-10H,5H2,1-2H3. The molecule has 0 saturated heterocycles. The summed E-state index contributed by atoms with van der Waals surface area (Å²) >= 11 is 0. The Bertz CT molecular complexity index is 647.